The van der Waals surface area contributed by atoms with Gasteiger partial charge in [0.1, 0.15) is 0 Å². The molecule has 108 valence electrons. The summed E-state index contributed by atoms with van der Waals surface area (Å²) >= 11 is 0. The average molecular weight is 273 g/mol. The van der Waals surface area contributed by atoms with Crippen molar-refractivity contribution in [2.45, 2.75) is 25.3 Å². The van der Waals surface area contributed by atoms with Crippen LogP contribution in [0.25, 0.3) is 0 Å². The van der Waals surface area contributed by atoms with Gasteiger partial charge in [0, 0.05) is 24.8 Å². The molecule has 3 rings (SSSR count). The van der Waals surface area contributed by atoms with Gasteiger partial charge in [0.2, 0.25) is 5.91 Å². The first-order valence-corrected chi connectivity index (χ1v) is 7.55. The smallest absolute Gasteiger partial charge is 0.241 e. The Morgan fingerprint density at radius 1 is 1.45 bits per heavy atom. The number of fused-ring (bicyclic) bond motifs is 1. The number of hydrogen-bond acceptors (Lipinski definition) is 3. The fraction of sp³-hybridized carbons (Fsp3) is 0.562. The lowest BCUT2D eigenvalue weighted by Gasteiger charge is -2.32. The number of nitrogens with one attached hydrogen (secondary N) is 1. The molecule has 0 radical (unpaired) electrons. The SMILES string of the molecule is CN(CC(=O)N1CCc2ccccc21)C1CCCNC1. The van der Waals surface area contributed by atoms with Crippen molar-refractivity contribution < 1.29 is 4.79 Å². The van der Waals surface area contributed by atoms with E-state index in [2.05, 4.69) is 29.4 Å². The Labute approximate surface area is 120 Å². The van der Waals surface area contributed by atoms with Crippen molar-refractivity contribution in [2.75, 3.05) is 38.1 Å². The minimum absolute atomic E-state index is 0.225. The number of amides is 1. The van der Waals surface area contributed by atoms with Gasteiger partial charge in [-0.2, -0.15) is 0 Å². The molecule has 2 aliphatic heterocycles. The molecule has 1 atom stereocenters. The van der Waals surface area contributed by atoms with Crippen LogP contribution in [-0.2, 0) is 11.2 Å². The highest BCUT2D eigenvalue weighted by molar-refractivity contribution is 5.96. The van der Waals surface area contributed by atoms with Crippen molar-refractivity contribution in [1.82, 2.24) is 10.2 Å². The second-order valence-corrected chi connectivity index (χ2v) is 5.84. The number of piperidine rings is 1. The van der Waals surface area contributed by atoms with Crippen molar-refractivity contribution in [3.63, 3.8) is 0 Å². The van der Waals surface area contributed by atoms with Crippen LogP contribution in [0.5, 0.6) is 0 Å². The van der Waals surface area contributed by atoms with Gasteiger partial charge in [-0.1, -0.05) is 18.2 Å². The lowest BCUT2D eigenvalue weighted by Crippen LogP contribution is -2.48. The van der Waals surface area contributed by atoms with E-state index in [9.17, 15) is 4.79 Å². The van der Waals surface area contributed by atoms with Crippen LogP contribution in [0.1, 0.15) is 18.4 Å². The summed E-state index contributed by atoms with van der Waals surface area (Å²) in [6, 6.07) is 8.73. The summed E-state index contributed by atoms with van der Waals surface area (Å²) in [7, 11) is 2.07. The summed E-state index contributed by atoms with van der Waals surface area (Å²) in [6.07, 6.45) is 3.37. The molecule has 0 saturated carbocycles. The average Bonchev–Trinajstić information content (AvgIpc) is 2.92. The number of benzene rings is 1. The van der Waals surface area contributed by atoms with E-state index < -0.39 is 0 Å². The molecule has 20 heavy (non-hydrogen) atoms. The Kier molecular flexibility index (Phi) is 4.03. The molecule has 0 aromatic heterocycles. The number of nitrogens with zero attached hydrogens (tertiary/aromatic N) is 2. The Morgan fingerprint density at radius 2 is 2.30 bits per heavy atom. The third kappa shape index (κ3) is 2.72. The molecule has 2 aliphatic rings. The largest absolute Gasteiger partial charge is 0.315 e. The van der Waals surface area contributed by atoms with E-state index in [1.165, 1.54) is 18.4 Å². The lowest BCUT2D eigenvalue weighted by molar-refractivity contribution is -0.119. The molecule has 0 bridgehead atoms. The van der Waals surface area contributed by atoms with Crippen LogP contribution in [0.2, 0.25) is 0 Å². The molecule has 2 heterocycles. The molecule has 0 aliphatic carbocycles. The van der Waals surface area contributed by atoms with Gasteiger partial charge in [0.05, 0.1) is 6.54 Å². The maximum Gasteiger partial charge on any atom is 0.241 e. The maximum absolute atomic E-state index is 12.5. The fourth-order valence-corrected chi connectivity index (χ4v) is 3.23. The van der Waals surface area contributed by atoms with Crippen LogP contribution in [-0.4, -0.2) is 50.1 Å². The number of carbonyl (C=O) groups is 1. The predicted molar refractivity (Wildman–Crippen MR) is 81.0 cm³/mol. The number of para-hydroxylation sites is 1. The van der Waals surface area contributed by atoms with E-state index in [1.54, 1.807) is 0 Å². The second kappa shape index (κ2) is 5.94. The lowest BCUT2D eigenvalue weighted by atomic mass is 10.1. The molecule has 1 aromatic rings. The zero-order valence-electron chi connectivity index (χ0n) is 12.1. The van der Waals surface area contributed by atoms with Gasteiger partial charge in [-0.05, 0) is 44.5 Å². The first kappa shape index (κ1) is 13.6. The number of rotatable bonds is 3. The third-order valence-corrected chi connectivity index (χ3v) is 4.47. The highest BCUT2D eigenvalue weighted by Gasteiger charge is 2.26. The summed E-state index contributed by atoms with van der Waals surface area (Å²) in [5.41, 5.74) is 2.40. The Bertz CT molecular complexity index is 482. The number of anilines is 1. The van der Waals surface area contributed by atoms with E-state index >= 15 is 0 Å². The predicted octanol–water partition coefficient (Wildman–Crippen LogP) is 1.26. The zero-order chi connectivity index (χ0) is 13.9. The normalized spacial score (nSPS) is 22.1. The van der Waals surface area contributed by atoms with Crippen LogP contribution in [0.15, 0.2) is 24.3 Å². The summed E-state index contributed by atoms with van der Waals surface area (Å²) in [5, 5.41) is 3.41. The molecule has 4 nitrogen and oxygen atoms in total. The Morgan fingerprint density at radius 3 is 3.10 bits per heavy atom. The zero-order valence-corrected chi connectivity index (χ0v) is 12.1. The first-order valence-electron chi connectivity index (χ1n) is 7.55. The minimum atomic E-state index is 0.225. The molecule has 0 spiro atoms. The van der Waals surface area contributed by atoms with Gasteiger partial charge < -0.3 is 10.2 Å². The van der Waals surface area contributed by atoms with Gasteiger partial charge in [-0.25, -0.2) is 0 Å². The fourth-order valence-electron chi connectivity index (χ4n) is 3.23. The second-order valence-electron chi connectivity index (χ2n) is 5.84. The molecule has 1 unspecified atom stereocenters. The Hall–Kier alpha value is -1.39. The van der Waals surface area contributed by atoms with Crippen molar-refractivity contribution in [1.29, 1.82) is 0 Å². The molecule has 1 amide bonds. The summed E-state index contributed by atoms with van der Waals surface area (Å²) in [4.78, 5) is 16.7. The molecular weight excluding hydrogens is 250 g/mol. The van der Waals surface area contributed by atoms with Crippen molar-refractivity contribution in [2.24, 2.45) is 0 Å². The molecule has 1 fully saturated rings. The monoisotopic (exact) mass is 273 g/mol. The highest BCUT2D eigenvalue weighted by atomic mass is 16.2. The standard InChI is InChI=1S/C16H23N3O/c1-18(14-6-4-9-17-11-14)12-16(20)19-10-8-13-5-2-3-7-15(13)19/h2-3,5,7,14,17H,4,6,8-12H2,1H3. The summed E-state index contributed by atoms with van der Waals surface area (Å²) < 4.78 is 0. The van der Waals surface area contributed by atoms with Crippen LogP contribution in [0, 0.1) is 0 Å². The highest BCUT2D eigenvalue weighted by Crippen LogP contribution is 2.27. The Balaban J connectivity index is 1.62. The van der Waals surface area contributed by atoms with Crippen molar-refractivity contribution in [3.8, 4) is 0 Å². The van der Waals surface area contributed by atoms with E-state index in [-0.39, 0.29) is 5.91 Å². The van der Waals surface area contributed by atoms with Gasteiger partial charge in [-0.3, -0.25) is 9.69 Å². The summed E-state index contributed by atoms with van der Waals surface area (Å²) in [6.45, 7) is 3.45. The topological polar surface area (TPSA) is 35.6 Å². The van der Waals surface area contributed by atoms with E-state index in [0.717, 1.165) is 31.7 Å². The quantitative estimate of drug-likeness (QED) is 0.900. The number of likely N-dealkylation sites (N-methyl/N-ethyl adjacent to an activating group) is 1. The van der Waals surface area contributed by atoms with E-state index in [0.29, 0.717) is 12.6 Å². The van der Waals surface area contributed by atoms with Crippen molar-refractivity contribution >= 4 is 11.6 Å². The molecule has 1 N–H and O–H groups in total. The van der Waals surface area contributed by atoms with E-state index in [1.807, 2.05) is 17.0 Å². The van der Waals surface area contributed by atoms with Gasteiger partial charge in [0.25, 0.3) is 0 Å². The van der Waals surface area contributed by atoms with Crippen LogP contribution >= 0.6 is 0 Å². The van der Waals surface area contributed by atoms with E-state index in [4.69, 9.17) is 0 Å². The number of hydrogen-bond donors (Lipinski definition) is 1. The maximum atomic E-state index is 12.5. The minimum Gasteiger partial charge on any atom is -0.315 e. The molecular formula is C16H23N3O. The molecule has 1 saturated heterocycles. The van der Waals surface area contributed by atoms with Gasteiger partial charge >= 0.3 is 0 Å². The molecule has 1 aromatic carbocycles. The number of carbonyl (C=O) groups excluding carboxylic acids is 1. The third-order valence-electron chi connectivity index (χ3n) is 4.47. The first-order chi connectivity index (χ1) is 9.75. The van der Waals surface area contributed by atoms with Gasteiger partial charge in [0.15, 0.2) is 0 Å². The summed E-state index contributed by atoms with van der Waals surface area (Å²) in [5.74, 6) is 0.225. The van der Waals surface area contributed by atoms with Gasteiger partial charge in [-0.15, -0.1) is 0 Å². The van der Waals surface area contributed by atoms with Crippen LogP contribution in [0.4, 0.5) is 5.69 Å². The van der Waals surface area contributed by atoms with Crippen molar-refractivity contribution in [3.05, 3.63) is 29.8 Å². The van der Waals surface area contributed by atoms with Crippen LogP contribution < -0.4 is 10.2 Å². The van der Waals surface area contributed by atoms with Crippen LogP contribution in [0.3, 0.4) is 0 Å². The molecule has 4 heteroatoms.